The molecule has 1 aliphatic heterocycles. The molecule has 0 spiro atoms. The first-order valence-electron chi connectivity index (χ1n) is 8.85. The fourth-order valence-corrected chi connectivity index (χ4v) is 3.37. The van der Waals surface area contributed by atoms with Crippen LogP contribution in [0.1, 0.15) is 35.1 Å². The molecule has 1 fully saturated rings. The normalized spacial score (nSPS) is 15.8. The number of nitrogens with zero attached hydrogens (tertiary/aromatic N) is 4. The number of aromatic nitrogens is 3. The van der Waals surface area contributed by atoms with E-state index in [-0.39, 0.29) is 11.9 Å². The number of furan rings is 1. The van der Waals surface area contributed by atoms with Crippen LogP contribution >= 0.6 is 0 Å². The lowest BCUT2D eigenvalue weighted by atomic mass is 10.2. The third kappa shape index (κ3) is 3.39. The first-order chi connectivity index (χ1) is 12.8. The molecule has 0 radical (unpaired) electrons. The number of hydrogen-bond acceptors (Lipinski definition) is 5. The van der Waals surface area contributed by atoms with Crippen LogP contribution in [0.3, 0.4) is 0 Å². The standard InChI is InChI=1S/C19H21N5O2/c25-19(17-14-21-22-24(17)15-7-2-1-3-8-15)20-13-16(18-9-6-12-26-18)23-10-4-5-11-23/h1-3,6-9,12,14,16H,4-5,10-11,13H2,(H,20,25)/t16-/m0/s1. The van der Waals surface area contributed by atoms with Gasteiger partial charge in [0.25, 0.3) is 5.91 Å². The molecule has 3 heterocycles. The molecule has 1 N–H and O–H groups in total. The number of likely N-dealkylation sites (tertiary alicyclic amines) is 1. The summed E-state index contributed by atoms with van der Waals surface area (Å²) in [5.74, 6) is 0.677. The van der Waals surface area contributed by atoms with Crippen molar-refractivity contribution in [2.75, 3.05) is 19.6 Å². The lowest BCUT2D eigenvalue weighted by Crippen LogP contribution is -2.37. The number of para-hydroxylation sites is 1. The molecule has 0 saturated carbocycles. The monoisotopic (exact) mass is 351 g/mol. The molecule has 26 heavy (non-hydrogen) atoms. The zero-order chi connectivity index (χ0) is 17.8. The second-order valence-corrected chi connectivity index (χ2v) is 6.35. The predicted molar refractivity (Wildman–Crippen MR) is 95.9 cm³/mol. The first kappa shape index (κ1) is 16.5. The van der Waals surface area contributed by atoms with Gasteiger partial charge in [0, 0.05) is 6.54 Å². The second-order valence-electron chi connectivity index (χ2n) is 6.35. The van der Waals surface area contributed by atoms with Crippen LogP contribution in [-0.2, 0) is 0 Å². The highest BCUT2D eigenvalue weighted by atomic mass is 16.3. The third-order valence-corrected chi connectivity index (χ3v) is 4.69. The SMILES string of the molecule is O=C(NC[C@@H](c1ccco1)N1CCCC1)c1cnnn1-c1ccccc1. The van der Waals surface area contributed by atoms with Gasteiger partial charge >= 0.3 is 0 Å². The first-order valence-corrected chi connectivity index (χ1v) is 8.85. The Balaban J connectivity index is 1.49. The van der Waals surface area contributed by atoms with Crippen molar-refractivity contribution >= 4 is 5.91 Å². The number of carbonyl (C=O) groups is 1. The van der Waals surface area contributed by atoms with E-state index in [1.165, 1.54) is 19.0 Å². The molecular weight excluding hydrogens is 330 g/mol. The summed E-state index contributed by atoms with van der Waals surface area (Å²) in [5.41, 5.74) is 1.22. The molecule has 134 valence electrons. The minimum atomic E-state index is -0.199. The van der Waals surface area contributed by atoms with Crippen LogP contribution in [0.5, 0.6) is 0 Å². The molecule has 1 aliphatic rings. The van der Waals surface area contributed by atoms with Gasteiger partial charge in [0.15, 0.2) is 5.69 Å². The maximum atomic E-state index is 12.7. The Bertz CT molecular complexity index is 838. The van der Waals surface area contributed by atoms with Gasteiger partial charge in [-0.15, -0.1) is 5.10 Å². The zero-order valence-corrected chi connectivity index (χ0v) is 14.4. The topological polar surface area (TPSA) is 76.2 Å². The minimum absolute atomic E-state index is 0.0394. The van der Waals surface area contributed by atoms with E-state index in [2.05, 4.69) is 20.5 Å². The summed E-state index contributed by atoms with van der Waals surface area (Å²) in [6, 6.07) is 13.4. The molecular formula is C19H21N5O2. The van der Waals surface area contributed by atoms with E-state index >= 15 is 0 Å². The van der Waals surface area contributed by atoms with Crippen LogP contribution in [0, 0.1) is 0 Å². The highest BCUT2D eigenvalue weighted by molar-refractivity contribution is 5.92. The number of nitrogens with one attached hydrogen (secondary N) is 1. The van der Waals surface area contributed by atoms with E-state index in [1.54, 1.807) is 10.9 Å². The molecule has 0 aliphatic carbocycles. The van der Waals surface area contributed by atoms with Gasteiger partial charge in [-0.25, -0.2) is 4.68 Å². The van der Waals surface area contributed by atoms with Gasteiger partial charge in [0.05, 0.1) is 24.2 Å². The lowest BCUT2D eigenvalue weighted by Gasteiger charge is -2.25. The third-order valence-electron chi connectivity index (χ3n) is 4.69. The Morgan fingerprint density at radius 2 is 1.96 bits per heavy atom. The van der Waals surface area contributed by atoms with Crippen LogP contribution in [0.15, 0.2) is 59.3 Å². The Hall–Kier alpha value is -2.93. The smallest absolute Gasteiger partial charge is 0.271 e. The molecule has 1 saturated heterocycles. The molecule has 1 atom stereocenters. The summed E-state index contributed by atoms with van der Waals surface area (Å²) in [6.45, 7) is 2.52. The summed E-state index contributed by atoms with van der Waals surface area (Å²) in [6.07, 6.45) is 5.51. The van der Waals surface area contributed by atoms with Crippen molar-refractivity contribution in [3.05, 3.63) is 66.4 Å². The Labute approximate surface area is 151 Å². The quantitative estimate of drug-likeness (QED) is 0.738. The number of rotatable bonds is 6. The van der Waals surface area contributed by atoms with Crippen LogP contribution in [-0.4, -0.2) is 45.4 Å². The molecule has 1 aromatic carbocycles. The number of carbonyl (C=O) groups excluding carboxylic acids is 1. The number of amides is 1. The Morgan fingerprint density at radius 3 is 2.69 bits per heavy atom. The average molecular weight is 351 g/mol. The van der Waals surface area contributed by atoms with Crippen molar-refractivity contribution in [2.24, 2.45) is 0 Å². The molecule has 0 bridgehead atoms. The minimum Gasteiger partial charge on any atom is -0.468 e. The van der Waals surface area contributed by atoms with Crippen molar-refractivity contribution in [1.29, 1.82) is 0 Å². The molecule has 4 rings (SSSR count). The molecule has 1 amide bonds. The van der Waals surface area contributed by atoms with Gasteiger partial charge in [0.2, 0.25) is 0 Å². The van der Waals surface area contributed by atoms with Crippen LogP contribution in [0.25, 0.3) is 5.69 Å². The van der Waals surface area contributed by atoms with Gasteiger partial charge in [-0.1, -0.05) is 23.4 Å². The van der Waals surface area contributed by atoms with Crippen molar-refractivity contribution in [1.82, 2.24) is 25.2 Å². The Morgan fingerprint density at radius 1 is 1.15 bits per heavy atom. The fraction of sp³-hybridized carbons (Fsp3) is 0.316. The van der Waals surface area contributed by atoms with E-state index in [9.17, 15) is 4.79 Å². The zero-order valence-electron chi connectivity index (χ0n) is 14.4. The predicted octanol–water partition coefficient (Wildman–Crippen LogP) is 2.43. The number of benzene rings is 1. The van der Waals surface area contributed by atoms with Gasteiger partial charge in [0.1, 0.15) is 5.76 Å². The summed E-state index contributed by atoms with van der Waals surface area (Å²) < 4.78 is 7.15. The van der Waals surface area contributed by atoms with E-state index in [0.29, 0.717) is 12.2 Å². The van der Waals surface area contributed by atoms with E-state index < -0.39 is 0 Å². The summed E-state index contributed by atoms with van der Waals surface area (Å²) in [4.78, 5) is 15.1. The average Bonchev–Trinajstić information content (AvgIpc) is 3.44. The van der Waals surface area contributed by atoms with Crippen molar-refractivity contribution in [3.63, 3.8) is 0 Å². The summed E-state index contributed by atoms with van der Waals surface area (Å²) >= 11 is 0. The molecule has 7 heteroatoms. The molecule has 2 aromatic heterocycles. The van der Waals surface area contributed by atoms with Gasteiger partial charge in [-0.05, 0) is 50.2 Å². The highest BCUT2D eigenvalue weighted by Gasteiger charge is 2.26. The van der Waals surface area contributed by atoms with Gasteiger partial charge in [-0.2, -0.15) is 0 Å². The molecule has 0 unspecified atom stereocenters. The fourth-order valence-electron chi connectivity index (χ4n) is 3.37. The lowest BCUT2D eigenvalue weighted by molar-refractivity contribution is 0.0926. The molecule has 3 aromatic rings. The van der Waals surface area contributed by atoms with Gasteiger partial charge < -0.3 is 9.73 Å². The summed E-state index contributed by atoms with van der Waals surface area (Å²) in [5, 5.41) is 11.0. The molecule has 7 nitrogen and oxygen atoms in total. The second kappa shape index (κ2) is 7.53. The maximum Gasteiger partial charge on any atom is 0.271 e. The Kier molecular flexibility index (Phi) is 4.79. The van der Waals surface area contributed by atoms with Gasteiger partial charge in [-0.3, -0.25) is 9.69 Å². The number of hydrogen-bond donors (Lipinski definition) is 1. The highest BCUT2D eigenvalue weighted by Crippen LogP contribution is 2.25. The van der Waals surface area contributed by atoms with Crippen molar-refractivity contribution in [2.45, 2.75) is 18.9 Å². The summed E-state index contributed by atoms with van der Waals surface area (Å²) in [7, 11) is 0. The van der Waals surface area contributed by atoms with Crippen molar-refractivity contribution < 1.29 is 9.21 Å². The van der Waals surface area contributed by atoms with E-state index in [1.807, 2.05) is 42.5 Å². The largest absolute Gasteiger partial charge is 0.468 e. The maximum absolute atomic E-state index is 12.7. The van der Waals surface area contributed by atoms with Crippen LogP contribution < -0.4 is 5.32 Å². The van der Waals surface area contributed by atoms with Crippen LogP contribution in [0.4, 0.5) is 0 Å². The van der Waals surface area contributed by atoms with E-state index in [0.717, 1.165) is 24.5 Å². The van der Waals surface area contributed by atoms with Crippen molar-refractivity contribution in [3.8, 4) is 5.69 Å². The van der Waals surface area contributed by atoms with E-state index in [4.69, 9.17) is 4.42 Å². The van der Waals surface area contributed by atoms with Crippen LogP contribution in [0.2, 0.25) is 0 Å².